The van der Waals surface area contributed by atoms with E-state index in [1.807, 2.05) is 4.90 Å². The summed E-state index contributed by atoms with van der Waals surface area (Å²) in [6, 6.07) is 0. The zero-order chi connectivity index (χ0) is 13.0. The van der Waals surface area contributed by atoms with Crippen molar-refractivity contribution >= 4 is 11.8 Å². The van der Waals surface area contributed by atoms with Crippen molar-refractivity contribution in [3.8, 4) is 0 Å². The number of esters is 1. The van der Waals surface area contributed by atoms with Crippen LogP contribution in [0.1, 0.15) is 23.2 Å². The average Bonchev–Trinajstić information content (AvgIpc) is 2.46. The first-order valence-corrected chi connectivity index (χ1v) is 5.92. The molecular formula is C12H17N3O3. The molecule has 2 rings (SSSR count). The van der Waals surface area contributed by atoms with Crippen LogP contribution in [0.3, 0.4) is 0 Å². The third-order valence-corrected chi connectivity index (χ3v) is 3.11. The van der Waals surface area contributed by atoms with Gasteiger partial charge in [0.25, 0.3) is 0 Å². The van der Waals surface area contributed by atoms with Crippen molar-refractivity contribution in [1.82, 2.24) is 9.97 Å². The van der Waals surface area contributed by atoms with Gasteiger partial charge in [-0.25, -0.2) is 14.8 Å². The smallest absolute Gasteiger partial charge is 0.343 e. The van der Waals surface area contributed by atoms with E-state index < -0.39 is 5.97 Å². The van der Waals surface area contributed by atoms with Crippen LogP contribution >= 0.6 is 0 Å². The number of ether oxygens (including phenoxy) is 2. The highest BCUT2D eigenvalue weighted by molar-refractivity contribution is 5.94. The topological polar surface area (TPSA) is 64.5 Å². The third-order valence-electron chi connectivity index (χ3n) is 3.11. The van der Waals surface area contributed by atoms with Gasteiger partial charge in [-0.05, 0) is 12.8 Å². The molecule has 1 aromatic heterocycles. The lowest BCUT2D eigenvalue weighted by Gasteiger charge is -2.33. The Kier molecular flexibility index (Phi) is 4.09. The first-order chi connectivity index (χ1) is 8.76. The van der Waals surface area contributed by atoms with Gasteiger partial charge in [-0.2, -0.15) is 0 Å². The van der Waals surface area contributed by atoms with Crippen LogP contribution in [0.15, 0.2) is 12.5 Å². The van der Waals surface area contributed by atoms with Gasteiger partial charge >= 0.3 is 5.97 Å². The van der Waals surface area contributed by atoms with E-state index in [2.05, 4.69) is 9.97 Å². The van der Waals surface area contributed by atoms with E-state index in [0.717, 1.165) is 25.9 Å². The van der Waals surface area contributed by atoms with Gasteiger partial charge in [0.1, 0.15) is 17.7 Å². The lowest BCUT2D eigenvalue weighted by molar-refractivity contribution is 0.0598. The number of hydrogen-bond acceptors (Lipinski definition) is 6. The molecule has 1 aliphatic heterocycles. The summed E-state index contributed by atoms with van der Waals surface area (Å²) < 4.78 is 10.1. The van der Waals surface area contributed by atoms with Crippen LogP contribution in [0.2, 0.25) is 0 Å². The molecule has 1 atom stereocenters. The van der Waals surface area contributed by atoms with Crippen molar-refractivity contribution in [3.63, 3.8) is 0 Å². The predicted octanol–water partition coefficient (Wildman–Crippen LogP) is 0.878. The van der Waals surface area contributed by atoms with E-state index in [9.17, 15) is 4.79 Å². The fourth-order valence-electron chi connectivity index (χ4n) is 2.15. The van der Waals surface area contributed by atoms with Gasteiger partial charge < -0.3 is 14.4 Å². The molecule has 6 nitrogen and oxygen atoms in total. The van der Waals surface area contributed by atoms with Gasteiger partial charge in [-0.1, -0.05) is 0 Å². The second kappa shape index (κ2) is 5.77. The summed E-state index contributed by atoms with van der Waals surface area (Å²) >= 11 is 0. The summed E-state index contributed by atoms with van der Waals surface area (Å²) in [4.78, 5) is 21.8. The Morgan fingerprint density at radius 1 is 1.50 bits per heavy atom. The molecule has 0 N–H and O–H groups in total. The zero-order valence-corrected chi connectivity index (χ0v) is 10.6. The maximum Gasteiger partial charge on any atom is 0.343 e. The van der Waals surface area contributed by atoms with E-state index in [1.165, 1.54) is 19.6 Å². The van der Waals surface area contributed by atoms with Crippen molar-refractivity contribution in [2.75, 3.05) is 32.2 Å². The monoisotopic (exact) mass is 251 g/mol. The van der Waals surface area contributed by atoms with E-state index in [4.69, 9.17) is 9.47 Å². The normalized spacial score (nSPS) is 19.7. The Labute approximate surface area is 106 Å². The lowest BCUT2D eigenvalue weighted by Crippen LogP contribution is -2.40. The molecule has 1 saturated heterocycles. The van der Waals surface area contributed by atoms with Gasteiger partial charge in [0.2, 0.25) is 0 Å². The van der Waals surface area contributed by atoms with Crippen LogP contribution < -0.4 is 4.90 Å². The molecule has 1 aliphatic rings. The summed E-state index contributed by atoms with van der Waals surface area (Å²) in [5.41, 5.74) is 0.400. The molecule has 0 aromatic carbocycles. The van der Waals surface area contributed by atoms with Crippen LogP contribution in [0, 0.1) is 0 Å². The Bertz CT molecular complexity index is 425. The van der Waals surface area contributed by atoms with Gasteiger partial charge in [0.15, 0.2) is 0 Å². The molecule has 1 aromatic rings. The molecule has 0 spiro atoms. The Morgan fingerprint density at radius 3 is 3.06 bits per heavy atom. The molecule has 0 aliphatic carbocycles. The summed E-state index contributed by atoms with van der Waals surface area (Å²) in [5.74, 6) is 0.212. The number of carbonyl (C=O) groups is 1. The van der Waals surface area contributed by atoms with Crippen molar-refractivity contribution in [3.05, 3.63) is 18.1 Å². The molecule has 18 heavy (non-hydrogen) atoms. The third kappa shape index (κ3) is 2.59. The summed E-state index contributed by atoms with van der Waals surface area (Å²) in [5, 5.41) is 0. The van der Waals surface area contributed by atoms with Gasteiger partial charge in [-0.3, -0.25) is 0 Å². The van der Waals surface area contributed by atoms with Gasteiger partial charge in [0.05, 0.1) is 13.2 Å². The number of piperidine rings is 1. The standard InChI is InChI=1S/C12H17N3O3/c1-17-9-4-3-5-15(7-9)11-10(12(16)18-2)6-13-8-14-11/h6,8-9H,3-5,7H2,1-2H3. The fourth-order valence-corrected chi connectivity index (χ4v) is 2.15. The summed E-state index contributed by atoms with van der Waals surface area (Å²) in [7, 11) is 3.06. The van der Waals surface area contributed by atoms with Crippen molar-refractivity contribution in [2.24, 2.45) is 0 Å². The molecule has 1 unspecified atom stereocenters. The highest BCUT2D eigenvalue weighted by Gasteiger charge is 2.24. The largest absolute Gasteiger partial charge is 0.465 e. The SMILES string of the molecule is COC(=O)c1cncnc1N1CCCC(OC)C1. The fraction of sp³-hybridized carbons (Fsp3) is 0.583. The molecule has 0 saturated carbocycles. The first-order valence-electron chi connectivity index (χ1n) is 5.92. The number of carbonyl (C=O) groups excluding carboxylic acids is 1. The Balaban J connectivity index is 2.24. The zero-order valence-electron chi connectivity index (χ0n) is 10.6. The van der Waals surface area contributed by atoms with Crippen LogP contribution in [0.5, 0.6) is 0 Å². The minimum atomic E-state index is -0.412. The molecule has 1 fully saturated rings. The van der Waals surface area contributed by atoms with Gasteiger partial charge in [0, 0.05) is 26.4 Å². The average molecular weight is 251 g/mol. The number of anilines is 1. The van der Waals surface area contributed by atoms with E-state index >= 15 is 0 Å². The van der Waals surface area contributed by atoms with E-state index in [1.54, 1.807) is 7.11 Å². The Hall–Kier alpha value is -1.69. The number of aromatic nitrogens is 2. The maximum atomic E-state index is 11.7. The second-order valence-corrected chi connectivity index (χ2v) is 4.20. The van der Waals surface area contributed by atoms with E-state index in [-0.39, 0.29) is 6.10 Å². The number of rotatable bonds is 3. The first kappa shape index (κ1) is 12.8. The molecule has 2 heterocycles. The van der Waals surface area contributed by atoms with Crippen molar-refractivity contribution in [1.29, 1.82) is 0 Å². The quantitative estimate of drug-likeness (QED) is 0.743. The summed E-state index contributed by atoms with van der Waals surface area (Å²) in [6.45, 7) is 1.60. The van der Waals surface area contributed by atoms with Gasteiger partial charge in [-0.15, -0.1) is 0 Å². The molecule has 0 radical (unpaired) electrons. The molecule has 0 bridgehead atoms. The van der Waals surface area contributed by atoms with Crippen LogP contribution in [-0.4, -0.2) is 49.4 Å². The highest BCUT2D eigenvalue weighted by atomic mass is 16.5. The number of methoxy groups -OCH3 is 2. The maximum absolute atomic E-state index is 11.7. The molecular weight excluding hydrogens is 234 g/mol. The number of nitrogens with zero attached hydrogens (tertiary/aromatic N) is 3. The van der Waals surface area contributed by atoms with Crippen LogP contribution in [-0.2, 0) is 9.47 Å². The summed E-state index contributed by atoms with van der Waals surface area (Å²) in [6.07, 6.45) is 5.16. The molecule has 0 amide bonds. The lowest BCUT2D eigenvalue weighted by atomic mass is 10.1. The predicted molar refractivity (Wildman–Crippen MR) is 65.6 cm³/mol. The van der Waals surface area contributed by atoms with Crippen molar-refractivity contribution < 1.29 is 14.3 Å². The Morgan fingerprint density at radius 2 is 2.33 bits per heavy atom. The molecule has 6 heteroatoms. The van der Waals surface area contributed by atoms with Crippen LogP contribution in [0.25, 0.3) is 0 Å². The number of hydrogen-bond donors (Lipinski definition) is 0. The minimum absolute atomic E-state index is 0.180. The molecule has 98 valence electrons. The van der Waals surface area contributed by atoms with E-state index in [0.29, 0.717) is 11.4 Å². The van der Waals surface area contributed by atoms with Crippen molar-refractivity contribution in [2.45, 2.75) is 18.9 Å². The second-order valence-electron chi connectivity index (χ2n) is 4.20. The minimum Gasteiger partial charge on any atom is -0.465 e. The van der Waals surface area contributed by atoms with Crippen LogP contribution in [0.4, 0.5) is 5.82 Å². The highest BCUT2D eigenvalue weighted by Crippen LogP contribution is 2.22.